The molecule has 0 aromatic heterocycles. The van der Waals surface area contributed by atoms with Gasteiger partial charge in [0.1, 0.15) is 0 Å². The number of nitrogens with one attached hydrogen (secondary N) is 1. The minimum absolute atomic E-state index is 0.141. The first-order chi connectivity index (χ1) is 10.0. The highest BCUT2D eigenvalue weighted by Gasteiger charge is 2.24. The van der Waals surface area contributed by atoms with Crippen LogP contribution in [0.25, 0.3) is 0 Å². The zero-order valence-corrected chi connectivity index (χ0v) is 14.2. The number of carbonyl (C=O) groups excluding carboxylic acids is 1. The van der Waals surface area contributed by atoms with Gasteiger partial charge in [-0.2, -0.15) is 0 Å². The molecular weight excluding hydrogens is 328 g/mol. The Labute approximate surface area is 135 Å². The smallest absolute Gasteiger partial charge is 0.220 e. The van der Waals surface area contributed by atoms with E-state index < -0.39 is 0 Å². The maximum atomic E-state index is 12.1. The van der Waals surface area contributed by atoms with Crippen molar-refractivity contribution in [2.45, 2.75) is 57.5 Å². The van der Waals surface area contributed by atoms with Crippen molar-refractivity contribution in [3.8, 4) is 0 Å². The van der Waals surface area contributed by atoms with Gasteiger partial charge in [0.15, 0.2) is 0 Å². The van der Waals surface area contributed by atoms with Gasteiger partial charge in [-0.25, -0.2) is 0 Å². The third-order valence-corrected chi connectivity index (χ3v) is 4.81. The molecule has 4 heteroatoms. The van der Waals surface area contributed by atoms with Crippen LogP contribution in [0.1, 0.15) is 44.6 Å². The van der Waals surface area contributed by atoms with Crippen molar-refractivity contribution in [1.82, 2.24) is 5.32 Å². The highest BCUT2D eigenvalue weighted by Crippen LogP contribution is 2.25. The molecule has 1 fully saturated rings. The summed E-state index contributed by atoms with van der Waals surface area (Å²) in [4.78, 5) is 12.1. The van der Waals surface area contributed by atoms with E-state index in [1.54, 1.807) is 0 Å². The van der Waals surface area contributed by atoms with Crippen LogP contribution in [-0.2, 0) is 11.2 Å². The van der Waals surface area contributed by atoms with Gasteiger partial charge in [-0.15, -0.1) is 0 Å². The van der Waals surface area contributed by atoms with Crippen LogP contribution in [0.4, 0.5) is 0 Å². The lowest BCUT2D eigenvalue weighted by Gasteiger charge is -2.28. The monoisotopic (exact) mass is 352 g/mol. The number of hydrogen-bond acceptors (Lipinski definition) is 2. The molecule has 1 aromatic rings. The highest BCUT2D eigenvalue weighted by molar-refractivity contribution is 9.10. The first kappa shape index (κ1) is 16.5. The molecule has 0 spiro atoms. The SMILES string of the molecule is CC(Cc1ccc(Br)cc1)NC(=O)CC1CCCCC1N. The second-order valence-electron chi connectivity index (χ2n) is 6.21. The molecule has 0 bridgehead atoms. The Kier molecular flexibility index (Phi) is 6.24. The molecule has 1 saturated carbocycles. The fourth-order valence-corrected chi connectivity index (χ4v) is 3.35. The molecule has 21 heavy (non-hydrogen) atoms. The van der Waals surface area contributed by atoms with E-state index in [1.807, 2.05) is 12.1 Å². The molecule has 116 valence electrons. The lowest BCUT2D eigenvalue weighted by atomic mass is 9.83. The molecule has 0 radical (unpaired) electrons. The fourth-order valence-electron chi connectivity index (χ4n) is 3.09. The predicted octanol–water partition coefficient (Wildman–Crippen LogP) is 3.40. The summed E-state index contributed by atoms with van der Waals surface area (Å²) < 4.78 is 1.08. The van der Waals surface area contributed by atoms with Gasteiger partial charge in [0.05, 0.1) is 0 Å². The van der Waals surface area contributed by atoms with Gasteiger partial charge in [0.25, 0.3) is 0 Å². The molecule has 3 unspecified atom stereocenters. The van der Waals surface area contributed by atoms with E-state index in [2.05, 4.69) is 40.3 Å². The van der Waals surface area contributed by atoms with Gasteiger partial charge in [-0.1, -0.05) is 40.9 Å². The highest BCUT2D eigenvalue weighted by atomic mass is 79.9. The summed E-state index contributed by atoms with van der Waals surface area (Å²) in [5.74, 6) is 0.501. The molecule has 1 aromatic carbocycles. The average Bonchev–Trinajstić information content (AvgIpc) is 2.44. The number of hydrogen-bond donors (Lipinski definition) is 2. The summed E-state index contributed by atoms with van der Waals surface area (Å²) >= 11 is 3.43. The molecule has 1 aliphatic rings. The Hall–Kier alpha value is -0.870. The summed E-state index contributed by atoms with van der Waals surface area (Å²) in [6.45, 7) is 2.06. The van der Waals surface area contributed by atoms with Crippen LogP contribution in [0, 0.1) is 5.92 Å². The van der Waals surface area contributed by atoms with Gasteiger partial charge < -0.3 is 11.1 Å². The van der Waals surface area contributed by atoms with E-state index in [9.17, 15) is 4.79 Å². The molecule has 3 atom stereocenters. The zero-order valence-electron chi connectivity index (χ0n) is 12.6. The molecule has 0 saturated heterocycles. The number of benzene rings is 1. The van der Waals surface area contributed by atoms with Gasteiger partial charge in [-0.05, 0) is 49.8 Å². The number of carbonyl (C=O) groups is 1. The first-order valence-electron chi connectivity index (χ1n) is 7.84. The van der Waals surface area contributed by atoms with Crippen molar-refractivity contribution >= 4 is 21.8 Å². The lowest BCUT2D eigenvalue weighted by Crippen LogP contribution is -2.40. The van der Waals surface area contributed by atoms with Crippen molar-refractivity contribution in [2.24, 2.45) is 11.7 Å². The molecule has 0 heterocycles. The Bertz CT molecular complexity index is 460. The normalized spacial score (nSPS) is 23.6. The summed E-state index contributed by atoms with van der Waals surface area (Å²) in [6, 6.07) is 8.59. The van der Waals surface area contributed by atoms with E-state index in [4.69, 9.17) is 5.73 Å². The summed E-state index contributed by atoms with van der Waals surface area (Å²) in [5, 5.41) is 3.10. The van der Waals surface area contributed by atoms with Crippen LogP contribution in [0.5, 0.6) is 0 Å². The number of halogens is 1. The van der Waals surface area contributed by atoms with Crippen LogP contribution in [-0.4, -0.2) is 18.0 Å². The average molecular weight is 353 g/mol. The largest absolute Gasteiger partial charge is 0.353 e. The number of nitrogens with two attached hydrogens (primary N) is 1. The van der Waals surface area contributed by atoms with Gasteiger partial charge >= 0.3 is 0 Å². The summed E-state index contributed by atoms with van der Waals surface area (Å²) in [7, 11) is 0. The van der Waals surface area contributed by atoms with Crippen molar-refractivity contribution in [2.75, 3.05) is 0 Å². The zero-order chi connectivity index (χ0) is 15.2. The summed E-state index contributed by atoms with van der Waals surface area (Å²) in [6.07, 6.45) is 6.00. The van der Waals surface area contributed by atoms with E-state index in [-0.39, 0.29) is 18.0 Å². The number of amides is 1. The van der Waals surface area contributed by atoms with Crippen LogP contribution < -0.4 is 11.1 Å². The standard InChI is InChI=1S/C17H25BrN2O/c1-12(10-13-6-8-15(18)9-7-13)20-17(21)11-14-4-2-3-5-16(14)19/h6-9,12,14,16H,2-5,10-11,19H2,1H3,(H,20,21). The summed E-state index contributed by atoms with van der Waals surface area (Å²) in [5.41, 5.74) is 7.35. The molecule has 0 aliphatic heterocycles. The van der Waals surface area contributed by atoms with E-state index in [1.165, 1.54) is 18.4 Å². The predicted molar refractivity (Wildman–Crippen MR) is 90.0 cm³/mol. The van der Waals surface area contributed by atoms with Crippen LogP contribution in [0.15, 0.2) is 28.7 Å². The topological polar surface area (TPSA) is 55.1 Å². The molecule has 1 amide bonds. The van der Waals surface area contributed by atoms with E-state index in [0.29, 0.717) is 12.3 Å². The van der Waals surface area contributed by atoms with Crippen molar-refractivity contribution < 1.29 is 4.79 Å². The van der Waals surface area contributed by atoms with Crippen LogP contribution in [0.2, 0.25) is 0 Å². The molecule has 3 nitrogen and oxygen atoms in total. The Balaban J connectivity index is 1.77. The van der Waals surface area contributed by atoms with Crippen molar-refractivity contribution in [1.29, 1.82) is 0 Å². The third kappa shape index (κ3) is 5.44. The van der Waals surface area contributed by atoms with E-state index >= 15 is 0 Å². The molecular formula is C17H25BrN2O. The van der Waals surface area contributed by atoms with Crippen molar-refractivity contribution in [3.05, 3.63) is 34.3 Å². The molecule has 2 rings (SSSR count). The van der Waals surface area contributed by atoms with E-state index in [0.717, 1.165) is 23.7 Å². The van der Waals surface area contributed by atoms with Gasteiger partial charge in [0, 0.05) is 23.0 Å². The second kappa shape index (κ2) is 7.95. The van der Waals surface area contributed by atoms with Crippen molar-refractivity contribution in [3.63, 3.8) is 0 Å². The van der Waals surface area contributed by atoms with Gasteiger partial charge in [0.2, 0.25) is 5.91 Å². The molecule has 1 aliphatic carbocycles. The van der Waals surface area contributed by atoms with Crippen LogP contribution in [0.3, 0.4) is 0 Å². The number of rotatable bonds is 5. The quantitative estimate of drug-likeness (QED) is 0.852. The Morgan fingerprint density at radius 1 is 1.33 bits per heavy atom. The third-order valence-electron chi connectivity index (χ3n) is 4.28. The Morgan fingerprint density at radius 2 is 2.00 bits per heavy atom. The second-order valence-corrected chi connectivity index (χ2v) is 7.13. The van der Waals surface area contributed by atoms with Crippen LogP contribution >= 0.6 is 15.9 Å². The lowest BCUT2D eigenvalue weighted by molar-refractivity contribution is -0.123. The maximum Gasteiger partial charge on any atom is 0.220 e. The Morgan fingerprint density at radius 3 is 2.67 bits per heavy atom. The molecule has 3 N–H and O–H groups in total. The minimum atomic E-state index is 0.141. The first-order valence-corrected chi connectivity index (χ1v) is 8.63. The fraction of sp³-hybridized carbons (Fsp3) is 0.588. The van der Waals surface area contributed by atoms with Gasteiger partial charge in [-0.3, -0.25) is 4.79 Å². The minimum Gasteiger partial charge on any atom is -0.353 e. The maximum absolute atomic E-state index is 12.1.